The second-order valence-electron chi connectivity index (χ2n) is 7.36. The van der Waals surface area contributed by atoms with Crippen LogP contribution < -0.4 is 14.4 Å². The van der Waals surface area contributed by atoms with Crippen LogP contribution in [0.15, 0.2) is 48.5 Å². The number of carbonyl (C=O) groups is 1. The van der Waals surface area contributed by atoms with E-state index in [0.29, 0.717) is 11.5 Å². The molecule has 4 rings (SSSR count). The highest BCUT2D eigenvalue weighted by Gasteiger charge is 2.42. The topological polar surface area (TPSA) is 38.8 Å². The monoisotopic (exact) mass is 455 g/mol. The third kappa shape index (κ3) is 3.37. The first-order valence-electron chi connectivity index (χ1n) is 9.35. The smallest absolute Gasteiger partial charge is 0.251 e. The average molecular weight is 456 g/mol. The van der Waals surface area contributed by atoms with Crippen LogP contribution in [-0.4, -0.2) is 20.1 Å². The SMILES string of the molecule is COc1ccc(/C=C/C(=O)N2c3ccccc3-c3c(ssc3=S)C2(C)C)cc1OC. The van der Waals surface area contributed by atoms with E-state index in [2.05, 4.69) is 13.8 Å². The molecule has 1 aromatic heterocycles. The number of amides is 1. The van der Waals surface area contributed by atoms with E-state index in [1.165, 1.54) is 0 Å². The summed E-state index contributed by atoms with van der Waals surface area (Å²) < 4.78 is 11.5. The van der Waals surface area contributed by atoms with Crippen molar-refractivity contribution in [2.75, 3.05) is 19.1 Å². The van der Waals surface area contributed by atoms with Crippen molar-refractivity contribution in [1.82, 2.24) is 0 Å². The first kappa shape index (κ1) is 20.8. The van der Waals surface area contributed by atoms with Crippen LogP contribution >= 0.6 is 32.9 Å². The predicted molar refractivity (Wildman–Crippen MR) is 128 cm³/mol. The van der Waals surface area contributed by atoms with Crippen LogP contribution in [0.25, 0.3) is 17.2 Å². The first-order valence-corrected chi connectivity index (χ1v) is 11.9. The van der Waals surface area contributed by atoms with Gasteiger partial charge < -0.3 is 9.47 Å². The van der Waals surface area contributed by atoms with E-state index >= 15 is 0 Å². The summed E-state index contributed by atoms with van der Waals surface area (Å²) >= 11 is 5.60. The molecular weight excluding hydrogens is 434 g/mol. The number of hydrogen-bond donors (Lipinski definition) is 0. The first-order chi connectivity index (χ1) is 14.4. The Morgan fingerprint density at radius 2 is 1.80 bits per heavy atom. The fraction of sp³-hybridized carbons (Fsp3) is 0.217. The molecule has 0 bridgehead atoms. The molecule has 0 N–H and O–H groups in total. The van der Waals surface area contributed by atoms with Gasteiger partial charge in [-0.25, -0.2) is 0 Å². The summed E-state index contributed by atoms with van der Waals surface area (Å²) in [5.41, 5.74) is 3.35. The van der Waals surface area contributed by atoms with Gasteiger partial charge in [0.05, 0.1) is 30.3 Å². The molecule has 0 radical (unpaired) electrons. The van der Waals surface area contributed by atoms with Crippen LogP contribution in [0.2, 0.25) is 0 Å². The molecule has 2 aromatic carbocycles. The third-order valence-corrected chi connectivity index (χ3v) is 8.54. The zero-order chi connectivity index (χ0) is 21.5. The third-order valence-electron chi connectivity index (χ3n) is 5.21. The summed E-state index contributed by atoms with van der Waals surface area (Å²) in [5, 5.41) is 0. The number of methoxy groups -OCH3 is 2. The molecule has 30 heavy (non-hydrogen) atoms. The second kappa shape index (κ2) is 7.98. The number of para-hydroxylation sites is 1. The molecule has 0 atom stereocenters. The minimum absolute atomic E-state index is 0.0859. The molecule has 0 fully saturated rings. The predicted octanol–water partition coefficient (Wildman–Crippen LogP) is 6.52. The van der Waals surface area contributed by atoms with E-state index in [1.54, 1.807) is 47.1 Å². The van der Waals surface area contributed by atoms with Crippen molar-refractivity contribution in [3.63, 3.8) is 0 Å². The summed E-state index contributed by atoms with van der Waals surface area (Å²) in [6.07, 6.45) is 3.41. The lowest BCUT2D eigenvalue weighted by Crippen LogP contribution is -2.47. The highest BCUT2D eigenvalue weighted by Crippen LogP contribution is 2.52. The van der Waals surface area contributed by atoms with Crippen LogP contribution in [0.4, 0.5) is 5.69 Å². The van der Waals surface area contributed by atoms with Crippen molar-refractivity contribution in [2.24, 2.45) is 0 Å². The number of rotatable bonds is 4. The number of fused-ring (bicyclic) bond motifs is 3. The van der Waals surface area contributed by atoms with Crippen LogP contribution in [0.3, 0.4) is 0 Å². The Labute approximate surface area is 188 Å². The lowest BCUT2D eigenvalue weighted by molar-refractivity contribution is -0.115. The minimum Gasteiger partial charge on any atom is -0.493 e. The zero-order valence-electron chi connectivity index (χ0n) is 17.1. The highest BCUT2D eigenvalue weighted by atomic mass is 32.9. The zero-order valence-corrected chi connectivity index (χ0v) is 19.5. The number of nitrogens with zero attached hydrogens (tertiary/aromatic N) is 1. The molecule has 154 valence electrons. The van der Waals surface area contributed by atoms with Crippen molar-refractivity contribution in [1.29, 1.82) is 0 Å². The van der Waals surface area contributed by atoms with Gasteiger partial charge in [-0.3, -0.25) is 9.69 Å². The number of benzene rings is 2. The van der Waals surface area contributed by atoms with Gasteiger partial charge in [0.25, 0.3) is 5.91 Å². The molecular formula is C23H21NO3S3. The fourth-order valence-corrected chi connectivity index (χ4v) is 7.05. The van der Waals surface area contributed by atoms with E-state index in [1.807, 2.05) is 47.4 Å². The maximum absolute atomic E-state index is 13.4. The second-order valence-corrected chi connectivity index (χ2v) is 10.2. The maximum Gasteiger partial charge on any atom is 0.251 e. The largest absolute Gasteiger partial charge is 0.493 e. The van der Waals surface area contributed by atoms with Gasteiger partial charge in [-0.2, -0.15) is 0 Å². The van der Waals surface area contributed by atoms with E-state index < -0.39 is 5.54 Å². The van der Waals surface area contributed by atoms with Gasteiger partial charge in [-0.05, 0) is 43.7 Å². The van der Waals surface area contributed by atoms with Gasteiger partial charge >= 0.3 is 0 Å². The van der Waals surface area contributed by atoms with E-state index in [4.69, 9.17) is 21.7 Å². The lowest BCUT2D eigenvalue weighted by atomic mass is 9.87. The van der Waals surface area contributed by atoms with E-state index in [0.717, 1.165) is 31.1 Å². The highest BCUT2D eigenvalue weighted by molar-refractivity contribution is 7.80. The quantitative estimate of drug-likeness (QED) is 0.255. The lowest BCUT2D eigenvalue weighted by Gasteiger charge is -2.42. The number of ether oxygens (including phenoxy) is 2. The molecule has 0 saturated carbocycles. The van der Waals surface area contributed by atoms with Crippen molar-refractivity contribution in [3.05, 3.63) is 62.8 Å². The molecule has 0 spiro atoms. The van der Waals surface area contributed by atoms with E-state index in [9.17, 15) is 4.79 Å². The van der Waals surface area contributed by atoms with Crippen molar-refractivity contribution < 1.29 is 14.3 Å². The molecule has 1 aliphatic rings. The molecule has 1 aliphatic heterocycles. The Hall–Kier alpha value is -2.48. The summed E-state index contributed by atoms with van der Waals surface area (Å²) in [6.45, 7) is 4.14. The maximum atomic E-state index is 13.4. The Morgan fingerprint density at radius 3 is 2.53 bits per heavy atom. The van der Waals surface area contributed by atoms with Gasteiger partial charge in [0.15, 0.2) is 11.5 Å². The summed E-state index contributed by atoms with van der Waals surface area (Å²) in [7, 11) is 6.44. The Kier molecular flexibility index (Phi) is 5.53. The van der Waals surface area contributed by atoms with Gasteiger partial charge in [0.1, 0.15) is 3.82 Å². The van der Waals surface area contributed by atoms with Crippen LogP contribution in [0.5, 0.6) is 11.5 Å². The standard InChI is InChI=1S/C23H21NO3S3/c1-23(2)21-20(22(28)30-29-21)15-7-5-6-8-16(15)24(23)19(25)12-10-14-9-11-17(26-3)18(13-14)27-4/h5-13H,1-4H3/b12-10+. The van der Waals surface area contributed by atoms with Crippen LogP contribution in [0, 0.1) is 3.82 Å². The van der Waals surface area contributed by atoms with Crippen LogP contribution in [-0.2, 0) is 10.3 Å². The number of anilines is 1. The average Bonchev–Trinajstić information content (AvgIpc) is 3.14. The summed E-state index contributed by atoms with van der Waals surface area (Å²) in [4.78, 5) is 16.4. The molecule has 2 heterocycles. The molecule has 4 nitrogen and oxygen atoms in total. The Morgan fingerprint density at radius 1 is 1.07 bits per heavy atom. The molecule has 0 unspecified atom stereocenters. The van der Waals surface area contributed by atoms with Gasteiger partial charge in [0.2, 0.25) is 0 Å². The van der Waals surface area contributed by atoms with Gasteiger partial charge in [0, 0.05) is 17.2 Å². The van der Waals surface area contributed by atoms with Crippen LogP contribution in [0.1, 0.15) is 24.3 Å². The molecule has 3 aromatic rings. The van der Waals surface area contributed by atoms with Crippen molar-refractivity contribution >= 4 is 50.6 Å². The molecule has 0 saturated heterocycles. The van der Waals surface area contributed by atoms with Crippen molar-refractivity contribution in [2.45, 2.75) is 19.4 Å². The Balaban J connectivity index is 1.74. The van der Waals surface area contributed by atoms with Gasteiger partial charge in [-0.1, -0.05) is 57.2 Å². The number of hydrogen-bond acceptors (Lipinski definition) is 6. The fourth-order valence-electron chi connectivity index (χ4n) is 3.77. The van der Waals surface area contributed by atoms with E-state index in [-0.39, 0.29) is 5.91 Å². The van der Waals surface area contributed by atoms with Gasteiger partial charge in [-0.15, -0.1) is 0 Å². The summed E-state index contributed by atoms with van der Waals surface area (Å²) in [5.74, 6) is 1.19. The Bertz CT molecular complexity index is 1210. The number of carbonyl (C=O) groups excluding carboxylic acids is 1. The van der Waals surface area contributed by atoms with Crippen molar-refractivity contribution in [3.8, 4) is 22.6 Å². The molecule has 0 aliphatic carbocycles. The summed E-state index contributed by atoms with van der Waals surface area (Å²) in [6, 6.07) is 13.5. The molecule has 7 heteroatoms. The normalized spacial score (nSPS) is 14.3. The minimum atomic E-state index is -0.499. The molecule has 1 amide bonds.